The Morgan fingerprint density at radius 1 is 0.778 bits per heavy atom. The van der Waals surface area contributed by atoms with E-state index in [9.17, 15) is 0 Å². The number of benzene rings is 2. The van der Waals surface area contributed by atoms with E-state index in [1.807, 2.05) is 12.2 Å². The van der Waals surface area contributed by atoms with E-state index in [1.165, 1.54) is 16.5 Å². The molecule has 0 aliphatic heterocycles. The van der Waals surface area contributed by atoms with Gasteiger partial charge >= 0.3 is 0 Å². The molecule has 0 bridgehead atoms. The van der Waals surface area contributed by atoms with Gasteiger partial charge < -0.3 is 0 Å². The van der Waals surface area contributed by atoms with Crippen molar-refractivity contribution < 1.29 is 0 Å². The van der Waals surface area contributed by atoms with Gasteiger partial charge in [-0.25, -0.2) is 0 Å². The van der Waals surface area contributed by atoms with Gasteiger partial charge in [0.2, 0.25) is 0 Å². The number of hydrogen-bond donors (Lipinski definition) is 0. The topological polar surface area (TPSA) is 0 Å². The molecule has 0 saturated heterocycles. The second-order valence-corrected chi connectivity index (χ2v) is 10.8. The predicted molar refractivity (Wildman–Crippen MR) is 128 cm³/mol. The van der Waals surface area contributed by atoms with Crippen LogP contribution in [0, 0.1) is 0 Å². The molecule has 27 heavy (non-hydrogen) atoms. The molecule has 2 aromatic rings. The third-order valence-electron chi connectivity index (χ3n) is 3.89. The molecular weight excluding hydrogens is 362 g/mol. The SMILES string of the molecule is C=C/C=C\C=C\P(C/C=C\C=C/C)CP(c1ccccc1)c1ccccc1. The minimum atomic E-state index is -0.358. The minimum Gasteiger partial charge on any atom is -0.0991 e. The Kier molecular flexibility index (Phi) is 10.4. The van der Waals surface area contributed by atoms with Gasteiger partial charge in [-0.2, -0.15) is 0 Å². The summed E-state index contributed by atoms with van der Waals surface area (Å²) in [6.45, 7) is 5.80. The highest BCUT2D eigenvalue weighted by molar-refractivity contribution is 7.84. The normalized spacial score (nSPS) is 13.4. The molecule has 0 aromatic heterocycles. The van der Waals surface area contributed by atoms with Crippen LogP contribution in [-0.4, -0.2) is 12.1 Å². The highest BCUT2D eigenvalue weighted by atomic mass is 31.2. The van der Waals surface area contributed by atoms with E-state index in [0.717, 1.165) is 6.16 Å². The first-order valence-corrected chi connectivity index (χ1v) is 12.5. The van der Waals surface area contributed by atoms with E-state index >= 15 is 0 Å². The zero-order valence-corrected chi connectivity index (χ0v) is 17.8. The molecule has 0 aliphatic rings. The standard InChI is InChI=1S/C25H28P2/c1-3-5-7-15-21-26(22-16-8-6-4-2)23-27(24-17-11-9-12-18-24)25-19-13-10-14-20-25/h3-21H,1,22-23H2,2H3/b6-4-,7-5-,16-8-,21-15+. The molecule has 1 atom stereocenters. The average molecular weight is 390 g/mol. The van der Waals surface area contributed by atoms with E-state index in [0.29, 0.717) is 0 Å². The quantitative estimate of drug-likeness (QED) is 0.304. The second-order valence-electron chi connectivity index (χ2n) is 5.93. The molecule has 0 nitrogen and oxygen atoms in total. The fourth-order valence-corrected chi connectivity index (χ4v) is 8.39. The van der Waals surface area contributed by atoms with Crippen LogP contribution in [0.25, 0.3) is 0 Å². The molecule has 0 amide bonds. The van der Waals surface area contributed by atoms with Gasteiger partial charge in [0.15, 0.2) is 0 Å². The van der Waals surface area contributed by atoms with E-state index in [4.69, 9.17) is 0 Å². The molecule has 0 N–H and O–H groups in total. The first kappa shape index (κ1) is 21.3. The summed E-state index contributed by atoms with van der Waals surface area (Å²) in [6, 6.07) is 22.0. The molecule has 1 unspecified atom stereocenters. The Morgan fingerprint density at radius 2 is 1.41 bits per heavy atom. The van der Waals surface area contributed by atoms with Crippen LogP contribution in [-0.2, 0) is 0 Å². The van der Waals surface area contributed by atoms with Crippen molar-refractivity contribution in [3.05, 3.63) is 122 Å². The largest absolute Gasteiger partial charge is 0.0991 e. The molecule has 2 heteroatoms. The van der Waals surface area contributed by atoms with Gasteiger partial charge in [0.1, 0.15) is 0 Å². The lowest BCUT2D eigenvalue weighted by Crippen LogP contribution is -2.13. The average Bonchev–Trinajstić information content (AvgIpc) is 2.73. The zero-order chi connectivity index (χ0) is 19.2. The van der Waals surface area contributed by atoms with Crippen LogP contribution in [0.2, 0.25) is 0 Å². The van der Waals surface area contributed by atoms with Crippen LogP contribution in [0.15, 0.2) is 122 Å². The van der Waals surface area contributed by atoms with Gasteiger partial charge in [0.05, 0.1) is 0 Å². The summed E-state index contributed by atoms with van der Waals surface area (Å²) in [5.74, 6) is 3.61. The van der Waals surface area contributed by atoms with Crippen LogP contribution >= 0.6 is 15.8 Å². The molecule has 0 radical (unpaired) electrons. The molecule has 0 aliphatic carbocycles. The van der Waals surface area contributed by atoms with Crippen molar-refractivity contribution in [2.24, 2.45) is 0 Å². The van der Waals surface area contributed by atoms with E-state index < -0.39 is 0 Å². The van der Waals surface area contributed by atoms with Crippen molar-refractivity contribution in [1.29, 1.82) is 0 Å². The fraction of sp³-hybridized carbons (Fsp3) is 0.120. The third kappa shape index (κ3) is 8.04. The third-order valence-corrected chi connectivity index (χ3v) is 9.59. The number of allylic oxidation sites excluding steroid dienone is 8. The van der Waals surface area contributed by atoms with Gasteiger partial charge in [-0.3, -0.25) is 0 Å². The maximum Gasteiger partial charge on any atom is -0.000254 e. The molecule has 2 aromatic carbocycles. The van der Waals surface area contributed by atoms with Gasteiger partial charge in [-0.1, -0.05) is 130 Å². The van der Waals surface area contributed by atoms with Crippen molar-refractivity contribution in [1.82, 2.24) is 0 Å². The lowest BCUT2D eigenvalue weighted by atomic mass is 10.4. The summed E-state index contributed by atoms with van der Waals surface area (Å²) in [5.41, 5.74) is 0. The number of hydrogen-bond acceptors (Lipinski definition) is 0. The smallest absolute Gasteiger partial charge is 0.000254 e. The first-order valence-electron chi connectivity index (χ1n) is 9.20. The van der Waals surface area contributed by atoms with Gasteiger partial charge in [0, 0.05) is 0 Å². The molecular formula is C25H28P2. The van der Waals surface area contributed by atoms with Crippen molar-refractivity contribution in [2.45, 2.75) is 6.92 Å². The molecule has 2 rings (SSSR count). The van der Waals surface area contributed by atoms with Crippen molar-refractivity contribution in [3.63, 3.8) is 0 Å². The first-order chi connectivity index (χ1) is 13.3. The lowest BCUT2D eigenvalue weighted by molar-refractivity contribution is 1.67. The molecule has 138 valence electrons. The summed E-state index contributed by atoms with van der Waals surface area (Å²) >= 11 is 0. The van der Waals surface area contributed by atoms with Gasteiger partial charge in [0.25, 0.3) is 0 Å². The molecule has 0 saturated carbocycles. The summed E-state index contributed by atoms with van der Waals surface area (Å²) in [4.78, 5) is 0. The second kappa shape index (κ2) is 13.2. The van der Waals surface area contributed by atoms with Crippen LogP contribution < -0.4 is 10.6 Å². The van der Waals surface area contributed by atoms with E-state index in [1.54, 1.807) is 0 Å². The van der Waals surface area contributed by atoms with Crippen molar-refractivity contribution >= 4 is 26.5 Å². The van der Waals surface area contributed by atoms with Crippen molar-refractivity contribution in [3.8, 4) is 0 Å². The highest BCUT2D eigenvalue weighted by Crippen LogP contribution is 2.50. The van der Waals surface area contributed by atoms with Crippen LogP contribution in [0.3, 0.4) is 0 Å². The summed E-state index contributed by atoms with van der Waals surface area (Å²) in [5, 5.41) is 2.91. The van der Waals surface area contributed by atoms with Crippen LogP contribution in [0.4, 0.5) is 0 Å². The maximum atomic E-state index is 3.74. The van der Waals surface area contributed by atoms with Gasteiger partial charge in [-0.15, -0.1) is 0 Å². The Bertz CT molecular complexity index is 731. The Labute approximate surface area is 167 Å². The summed E-state index contributed by atoms with van der Waals surface area (Å²) in [6.07, 6.45) is 17.8. The van der Waals surface area contributed by atoms with E-state index in [2.05, 4.69) is 116 Å². The molecule has 0 heterocycles. The maximum absolute atomic E-state index is 3.74. The van der Waals surface area contributed by atoms with Crippen LogP contribution in [0.5, 0.6) is 0 Å². The predicted octanol–water partition coefficient (Wildman–Crippen LogP) is 6.95. The Hall–Kier alpha value is -2.00. The molecule has 0 fully saturated rings. The Morgan fingerprint density at radius 3 is 1.96 bits per heavy atom. The fourth-order valence-electron chi connectivity index (χ4n) is 2.58. The van der Waals surface area contributed by atoms with Crippen molar-refractivity contribution in [2.75, 3.05) is 12.1 Å². The minimum absolute atomic E-state index is 0.238. The van der Waals surface area contributed by atoms with Crippen LogP contribution in [0.1, 0.15) is 6.92 Å². The highest BCUT2D eigenvalue weighted by Gasteiger charge is 2.17. The summed E-state index contributed by atoms with van der Waals surface area (Å²) in [7, 11) is -0.596. The molecule has 0 spiro atoms. The zero-order valence-electron chi connectivity index (χ0n) is 16.0. The number of rotatable bonds is 10. The van der Waals surface area contributed by atoms with Gasteiger partial charge in [-0.05, 0) is 37.5 Å². The Balaban J connectivity index is 2.26. The summed E-state index contributed by atoms with van der Waals surface area (Å²) < 4.78 is 0. The monoisotopic (exact) mass is 390 g/mol. The van der Waals surface area contributed by atoms with E-state index in [-0.39, 0.29) is 15.8 Å². The lowest BCUT2D eigenvalue weighted by Gasteiger charge is -2.23.